The smallest absolute Gasteiger partial charge is 0.165 e. The number of aromatic nitrogens is 1. The van der Waals surface area contributed by atoms with Gasteiger partial charge in [-0.1, -0.05) is 6.92 Å². The molecule has 0 bridgehead atoms. The van der Waals surface area contributed by atoms with Crippen LogP contribution < -0.4 is 4.74 Å². The van der Waals surface area contributed by atoms with E-state index in [-0.39, 0.29) is 5.82 Å². The first-order valence-corrected chi connectivity index (χ1v) is 6.48. The zero-order valence-corrected chi connectivity index (χ0v) is 10.4. The number of rotatable bonds is 4. The first kappa shape index (κ1) is 11.5. The summed E-state index contributed by atoms with van der Waals surface area (Å²) >= 11 is 0. The van der Waals surface area contributed by atoms with E-state index in [1.165, 1.54) is 18.9 Å². The van der Waals surface area contributed by atoms with Crippen LogP contribution in [0.2, 0.25) is 0 Å². The number of fused-ring (bicyclic) bond motifs is 1. The second-order valence-electron chi connectivity index (χ2n) is 4.84. The third-order valence-corrected chi connectivity index (χ3v) is 3.43. The Balaban J connectivity index is 2.06. The lowest BCUT2D eigenvalue weighted by molar-refractivity contribution is 0.289. The number of pyridine rings is 1. The molecule has 0 N–H and O–H groups in total. The predicted molar refractivity (Wildman–Crippen MR) is 69.3 cm³/mol. The van der Waals surface area contributed by atoms with Gasteiger partial charge in [-0.05, 0) is 43.4 Å². The van der Waals surface area contributed by atoms with Crippen LogP contribution in [0.3, 0.4) is 0 Å². The summed E-state index contributed by atoms with van der Waals surface area (Å²) in [5.41, 5.74) is 0.990. The third-order valence-electron chi connectivity index (χ3n) is 3.43. The molecule has 1 aromatic carbocycles. The summed E-state index contributed by atoms with van der Waals surface area (Å²) in [5.74, 6) is 0.722. The van der Waals surface area contributed by atoms with E-state index in [1.54, 1.807) is 12.3 Å². The molecule has 0 aliphatic heterocycles. The molecular formula is C15H16FNO. The van der Waals surface area contributed by atoms with Gasteiger partial charge in [0.2, 0.25) is 0 Å². The van der Waals surface area contributed by atoms with Crippen LogP contribution in [0.25, 0.3) is 10.8 Å². The van der Waals surface area contributed by atoms with Gasteiger partial charge in [-0.2, -0.15) is 0 Å². The Morgan fingerprint density at radius 1 is 1.28 bits per heavy atom. The van der Waals surface area contributed by atoms with Gasteiger partial charge in [0, 0.05) is 22.7 Å². The van der Waals surface area contributed by atoms with Gasteiger partial charge in [0.05, 0.1) is 6.61 Å². The van der Waals surface area contributed by atoms with E-state index in [0.29, 0.717) is 18.3 Å². The van der Waals surface area contributed by atoms with E-state index in [2.05, 4.69) is 11.9 Å². The number of hydrogen-bond acceptors (Lipinski definition) is 2. The molecule has 1 aromatic heterocycles. The summed E-state index contributed by atoms with van der Waals surface area (Å²) in [6.07, 6.45) is 4.97. The Morgan fingerprint density at radius 2 is 2.11 bits per heavy atom. The molecule has 1 aliphatic carbocycles. The van der Waals surface area contributed by atoms with Crippen molar-refractivity contribution in [1.82, 2.24) is 4.98 Å². The highest BCUT2D eigenvalue weighted by Crippen LogP contribution is 2.34. The molecule has 3 rings (SSSR count). The number of nitrogens with zero attached hydrogens (tertiary/aromatic N) is 1. The average Bonchev–Trinajstić information content (AvgIpc) is 3.20. The Hall–Kier alpha value is -1.64. The van der Waals surface area contributed by atoms with Gasteiger partial charge in [-0.3, -0.25) is 4.98 Å². The zero-order valence-electron chi connectivity index (χ0n) is 10.4. The Kier molecular flexibility index (Phi) is 2.90. The van der Waals surface area contributed by atoms with Crippen molar-refractivity contribution in [1.29, 1.82) is 0 Å². The van der Waals surface area contributed by atoms with Crippen molar-refractivity contribution in [2.75, 3.05) is 6.61 Å². The minimum Gasteiger partial charge on any atom is -0.490 e. The molecule has 0 atom stereocenters. The molecule has 94 valence electrons. The van der Waals surface area contributed by atoms with Gasteiger partial charge in [0.15, 0.2) is 11.6 Å². The van der Waals surface area contributed by atoms with Crippen molar-refractivity contribution in [2.24, 2.45) is 5.92 Å². The molecule has 1 saturated carbocycles. The minimum atomic E-state index is -0.281. The van der Waals surface area contributed by atoms with Crippen LogP contribution in [0.1, 0.15) is 25.5 Å². The predicted octanol–water partition coefficient (Wildman–Crippen LogP) is 3.73. The molecule has 0 spiro atoms. The molecule has 0 amide bonds. The molecule has 0 saturated heterocycles. The van der Waals surface area contributed by atoms with Crippen LogP contribution in [0.5, 0.6) is 5.75 Å². The van der Waals surface area contributed by atoms with Crippen LogP contribution in [-0.4, -0.2) is 11.6 Å². The molecule has 3 heteroatoms. The molecule has 2 nitrogen and oxygen atoms in total. The van der Waals surface area contributed by atoms with Crippen molar-refractivity contribution >= 4 is 10.8 Å². The van der Waals surface area contributed by atoms with Crippen LogP contribution in [0, 0.1) is 11.7 Å². The molecule has 0 unspecified atom stereocenters. The third kappa shape index (κ3) is 2.05. The molecular weight excluding hydrogens is 229 g/mol. The highest BCUT2D eigenvalue weighted by Gasteiger charge is 2.23. The van der Waals surface area contributed by atoms with Crippen LogP contribution in [-0.2, 0) is 6.42 Å². The molecule has 2 aromatic rings. The fourth-order valence-corrected chi connectivity index (χ4v) is 2.18. The van der Waals surface area contributed by atoms with Crippen LogP contribution in [0.15, 0.2) is 24.4 Å². The summed E-state index contributed by atoms with van der Waals surface area (Å²) in [6, 6.07) is 5.10. The van der Waals surface area contributed by atoms with Crippen molar-refractivity contribution in [3.05, 3.63) is 35.9 Å². The van der Waals surface area contributed by atoms with Gasteiger partial charge < -0.3 is 4.74 Å². The van der Waals surface area contributed by atoms with E-state index >= 15 is 0 Å². The normalized spacial score (nSPS) is 15.0. The lowest BCUT2D eigenvalue weighted by Gasteiger charge is -2.11. The maximum atomic E-state index is 13.9. The Labute approximate surface area is 106 Å². The maximum absolute atomic E-state index is 13.9. The van der Waals surface area contributed by atoms with E-state index in [9.17, 15) is 4.39 Å². The largest absolute Gasteiger partial charge is 0.490 e. The number of ether oxygens (including phenoxy) is 1. The monoisotopic (exact) mass is 245 g/mol. The van der Waals surface area contributed by atoms with Gasteiger partial charge >= 0.3 is 0 Å². The quantitative estimate of drug-likeness (QED) is 0.819. The SMILES string of the molecule is CCc1nccc2c(OCC3CC3)c(F)ccc12. The zero-order chi connectivity index (χ0) is 12.5. The Morgan fingerprint density at radius 3 is 2.83 bits per heavy atom. The number of benzene rings is 1. The molecule has 1 heterocycles. The van der Waals surface area contributed by atoms with Crippen molar-refractivity contribution in [3.8, 4) is 5.75 Å². The van der Waals surface area contributed by atoms with Crippen molar-refractivity contribution in [2.45, 2.75) is 26.2 Å². The van der Waals surface area contributed by atoms with E-state index in [4.69, 9.17) is 4.74 Å². The maximum Gasteiger partial charge on any atom is 0.165 e. The second-order valence-corrected chi connectivity index (χ2v) is 4.84. The number of hydrogen-bond donors (Lipinski definition) is 0. The van der Waals surface area contributed by atoms with E-state index < -0.39 is 0 Å². The van der Waals surface area contributed by atoms with E-state index in [1.807, 2.05) is 6.07 Å². The summed E-state index contributed by atoms with van der Waals surface area (Å²) in [4.78, 5) is 4.33. The fourth-order valence-electron chi connectivity index (χ4n) is 2.18. The van der Waals surface area contributed by atoms with Gasteiger partial charge in [-0.15, -0.1) is 0 Å². The lowest BCUT2D eigenvalue weighted by Crippen LogP contribution is -2.02. The standard InChI is InChI=1S/C15H16FNO/c1-2-14-11-5-6-13(16)15(12(11)7-8-17-14)18-9-10-3-4-10/h5-8,10H,2-4,9H2,1H3. The van der Waals surface area contributed by atoms with Crippen molar-refractivity contribution < 1.29 is 9.13 Å². The first-order chi connectivity index (χ1) is 8.79. The topological polar surface area (TPSA) is 22.1 Å². The Bertz CT molecular complexity index is 578. The fraction of sp³-hybridized carbons (Fsp3) is 0.400. The molecule has 1 aliphatic rings. The van der Waals surface area contributed by atoms with E-state index in [0.717, 1.165) is 22.9 Å². The summed E-state index contributed by atoms with van der Waals surface area (Å²) in [6.45, 7) is 2.68. The molecule has 18 heavy (non-hydrogen) atoms. The lowest BCUT2D eigenvalue weighted by atomic mass is 10.1. The van der Waals surface area contributed by atoms with Crippen molar-refractivity contribution in [3.63, 3.8) is 0 Å². The first-order valence-electron chi connectivity index (χ1n) is 6.48. The van der Waals surface area contributed by atoms with Crippen LogP contribution in [0.4, 0.5) is 4.39 Å². The highest BCUT2D eigenvalue weighted by atomic mass is 19.1. The summed E-state index contributed by atoms with van der Waals surface area (Å²) in [7, 11) is 0. The summed E-state index contributed by atoms with van der Waals surface area (Å²) < 4.78 is 19.6. The highest BCUT2D eigenvalue weighted by molar-refractivity contribution is 5.90. The second kappa shape index (κ2) is 4.56. The number of halogens is 1. The average molecular weight is 245 g/mol. The number of aryl methyl sites for hydroxylation is 1. The van der Waals surface area contributed by atoms with Gasteiger partial charge in [0.25, 0.3) is 0 Å². The minimum absolute atomic E-state index is 0.281. The molecule has 1 fully saturated rings. The van der Waals surface area contributed by atoms with Crippen LogP contribution >= 0.6 is 0 Å². The van der Waals surface area contributed by atoms with Gasteiger partial charge in [0.1, 0.15) is 0 Å². The van der Waals surface area contributed by atoms with Gasteiger partial charge in [-0.25, -0.2) is 4.39 Å². The molecule has 0 radical (unpaired) electrons. The summed E-state index contributed by atoms with van der Waals surface area (Å²) in [5, 5.41) is 1.83.